The Morgan fingerprint density at radius 3 is 2.55 bits per heavy atom. The second-order valence-electron chi connectivity index (χ2n) is 9.70. The van der Waals surface area contributed by atoms with Gasteiger partial charge in [-0.15, -0.1) is 0 Å². The quantitative estimate of drug-likeness (QED) is 0.436. The molecule has 0 aromatic heterocycles. The average molecular weight is 468 g/mol. The van der Waals surface area contributed by atoms with E-state index in [1.54, 1.807) is 37.8 Å². The van der Waals surface area contributed by atoms with Crippen LogP contribution in [-0.2, 0) is 19.1 Å². The number of nitrogens with one attached hydrogen (secondary N) is 2. The number of ether oxygens (including phenoxy) is 1. The summed E-state index contributed by atoms with van der Waals surface area (Å²) in [5, 5.41) is 16.0. The SMILES string of the molecule is CC(C)(C)OC(=O)CC1(O)CCN(c2ccc(NC3CCC(=O)NC3=O)cc2C(F)F)CC1. The third kappa shape index (κ3) is 6.63. The number of carbonyl (C=O) groups excluding carboxylic acids is 3. The molecule has 0 bridgehead atoms. The van der Waals surface area contributed by atoms with Gasteiger partial charge in [0.25, 0.3) is 6.43 Å². The molecule has 0 aliphatic carbocycles. The smallest absolute Gasteiger partial charge is 0.309 e. The zero-order valence-corrected chi connectivity index (χ0v) is 19.1. The van der Waals surface area contributed by atoms with Crippen molar-refractivity contribution in [2.24, 2.45) is 0 Å². The number of esters is 1. The van der Waals surface area contributed by atoms with Crippen LogP contribution in [0.3, 0.4) is 0 Å². The summed E-state index contributed by atoms with van der Waals surface area (Å²) in [5.41, 5.74) is -1.37. The van der Waals surface area contributed by atoms with Crippen LogP contribution in [0.5, 0.6) is 0 Å². The summed E-state index contributed by atoms with van der Waals surface area (Å²) >= 11 is 0. The van der Waals surface area contributed by atoms with Crippen molar-refractivity contribution in [1.82, 2.24) is 5.32 Å². The Balaban J connectivity index is 1.66. The first-order valence-electron chi connectivity index (χ1n) is 11.1. The Bertz CT molecular complexity index is 908. The van der Waals surface area contributed by atoms with Gasteiger partial charge >= 0.3 is 5.97 Å². The van der Waals surface area contributed by atoms with Crippen LogP contribution in [0.4, 0.5) is 20.2 Å². The molecule has 2 saturated heterocycles. The Labute approximate surface area is 191 Å². The maximum Gasteiger partial charge on any atom is 0.309 e. The van der Waals surface area contributed by atoms with E-state index < -0.39 is 35.5 Å². The van der Waals surface area contributed by atoms with E-state index in [1.165, 1.54) is 6.07 Å². The summed E-state index contributed by atoms with van der Waals surface area (Å²) in [4.78, 5) is 37.1. The highest BCUT2D eigenvalue weighted by molar-refractivity contribution is 6.01. The number of nitrogens with zero attached hydrogens (tertiary/aromatic N) is 1. The Morgan fingerprint density at radius 2 is 1.97 bits per heavy atom. The number of aliphatic hydroxyl groups is 1. The van der Waals surface area contributed by atoms with Crippen molar-refractivity contribution in [2.75, 3.05) is 23.3 Å². The van der Waals surface area contributed by atoms with Crippen molar-refractivity contribution in [1.29, 1.82) is 0 Å². The van der Waals surface area contributed by atoms with Crippen LogP contribution in [-0.4, -0.2) is 53.2 Å². The number of amides is 2. The van der Waals surface area contributed by atoms with Crippen LogP contribution >= 0.6 is 0 Å². The van der Waals surface area contributed by atoms with Crippen molar-refractivity contribution in [3.8, 4) is 0 Å². The number of anilines is 2. The minimum absolute atomic E-state index is 0.144. The van der Waals surface area contributed by atoms with E-state index >= 15 is 0 Å². The van der Waals surface area contributed by atoms with Crippen LogP contribution < -0.4 is 15.5 Å². The van der Waals surface area contributed by atoms with Crippen molar-refractivity contribution in [2.45, 2.75) is 76.5 Å². The fourth-order valence-electron chi connectivity index (χ4n) is 4.13. The van der Waals surface area contributed by atoms with Crippen LogP contribution in [0.25, 0.3) is 0 Å². The van der Waals surface area contributed by atoms with Gasteiger partial charge in [-0.3, -0.25) is 19.7 Å². The number of alkyl halides is 2. The van der Waals surface area contributed by atoms with Gasteiger partial charge in [-0.05, 0) is 58.2 Å². The average Bonchev–Trinajstić information content (AvgIpc) is 2.69. The van der Waals surface area contributed by atoms with E-state index in [0.29, 0.717) is 30.9 Å². The van der Waals surface area contributed by atoms with E-state index in [4.69, 9.17) is 4.74 Å². The van der Waals surface area contributed by atoms with Crippen molar-refractivity contribution in [3.63, 3.8) is 0 Å². The molecule has 33 heavy (non-hydrogen) atoms. The van der Waals surface area contributed by atoms with Gasteiger partial charge in [-0.1, -0.05) is 0 Å². The van der Waals surface area contributed by atoms with Gasteiger partial charge < -0.3 is 20.1 Å². The zero-order chi connectivity index (χ0) is 24.4. The lowest BCUT2D eigenvalue weighted by Gasteiger charge is -2.40. The lowest BCUT2D eigenvalue weighted by molar-refractivity contribution is -0.161. The van der Waals surface area contributed by atoms with Crippen LogP contribution in [0.15, 0.2) is 18.2 Å². The molecule has 2 heterocycles. The number of hydrogen-bond donors (Lipinski definition) is 3. The molecule has 1 atom stereocenters. The first-order valence-corrected chi connectivity index (χ1v) is 11.1. The van der Waals surface area contributed by atoms with Gasteiger partial charge in [-0.2, -0.15) is 0 Å². The third-order valence-electron chi connectivity index (χ3n) is 5.77. The largest absolute Gasteiger partial charge is 0.460 e. The number of halogens is 2. The molecule has 2 amide bonds. The number of carbonyl (C=O) groups is 3. The topological polar surface area (TPSA) is 108 Å². The molecule has 10 heteroatoms. The molecule has 1 aromatic carbocycles. The summed E-state index contributed by atoms with van der Waals surface area (Å²) in [6.07, 6.45) is -1.93. The van der Waals surface area contributed by atoms with Crippen molar-refractivity contribution in [3.05, 3.63) is 23.8 Å². The number of imide groups is 1. The molecule has 0 radical (unpaired) electrons. The van der Waals surface area contributed by atoms with Crippen LogP contribution in [0, 0.1) is 0 Å². The predicted molar refractivity (Wildman–Crippen MR) is 118 cm³/mol. The highest BCUT2D eigenvalue weighted by Gasteiger charge is 2.37. The molecule has 3 N–H and O–H groups in total. The van der Waals surface area contributed by atoms with Gasteiger partial charge in [0.05, 0.1) is 12.0 Å². The molecule has 0 spiro atoms. The second kappa shape index (κ2) is 9.62. The monoisotopic (exact) mass is 467 g/mol. The van der Waals surface area contributed by atoms with Crippen LogP contribution in [0.1, 0.15) is 64.9 Å². The molecular formula is C23H31F2N3O5. The lowest BCUT2D eigenvalue weighted by Crippen LogP contribution is -2.47. The normalized spacial score (nSPS) is 21.1. The molecule has 2 aliphatic heterocycles. The van der Waals surface area contributed by atoms with Crippen molar-refractivity contribution >= 4 is 29.2 Å². The summed E-state index contributed by atoms with van der Waals surface area (Å²) in [6.45, 7) is 5.87. The maximum atomic E-state index is 13.9. The first-order chi connectivity index (χ1) is 15.3. The molecule has 1 aromatic rings. The minimum atomic E-state index is -2.74. The first kappa shape index (κ1) is 24.9. The van der Waals surface area contributed by atoms with E-state index in [-0.39, 0.29) is 37.2 Å². The Morgan fingerprint density at radius 1 is 1.30 bits per heavy atom. The Kier molecular flexibility index (Phi) is 7.26. The van der Waals surface area contributed by atoms with Gasteiger partial charge in [0.15, 0.2) is 0 Å². The summed E-state index contributed by atoms with van der Waals surface area (Å²) in [6, 6.07) is 3.82. The second-order valence-corrected chi connectivity index (χ2v) is 9.70. The molecule has 0 saturated carbocycles. The summed E-state index contributed by atoms with van der Waals surface area (Å²) < 4.78 is 33.0. The molecule has 2 fully saturated rings. The molecule has 182 valence electrons. The number of benzene rings is 1. The predicted octanol–water partition coefficient (Wildman–Crippen LogP) is 2.90. The number of hydrogen-bond acceptors (Lipinski definition) is 7. The standard InChI is InChI=1S/C23H31F2N3O5/c1-22(2,3)33-19(30)13-23(32)8-10-28(11-9-23)17-6-4-14(12-15(17)20(24)25)26-16-5-7-18(29)27-21(16)31/h4,6,12,16,20,26,32H,5,7-11,13H2,1-3H3,(H,27,29,31). The van der Waals surface area contributed by atoms with Gasteiger partial charge in [0.1, 0.15) is 11.6 Å². The Hall–Kier alpha value is -2.75. The van der Waals surface area contributed by atoms with E-state index in [1.807, 2.05) is 0 Å². The van der Waals surface area contributed by atoms with Crippen LogP contribution in [0.2, 0.25) is 0 Å². The molecule has 1 unspecified atom stereocenters. The summed E-state index contributed by atoms with van der Waals surface area (Å²) in [7, 11) is 0. The van der Waals surface area contributed by atoms with Crippen molar-refractivity contribution < 1.29 is 33.0 Å². The number of rotatable bonds is 6. The lowest BCUT2D eigenvalue weighted by atomic mass is 9.87. The minimum Gasteiger partial charge on any atom is -0.460 e. The highest BCUT2D eigenvalue weighted by atomic mass is 19.3. The van der Waals surface area contributed by atoms with E-state index in [9.17, 15) is 28.3 Å². The fraction of sp³-hybridized carbons (Fsp3) is 0.609. The summed E-state index contributed by atoms with van der Waals surface area (Å²) in [5.74, 6) is -1.32. The molecule has 3 rings (SSSR count). The molecular weight excluding hydrogens is 436 g/mol. The fourth-order valence-corrected chi connectivity index (χ4v) is 4.13. The van der Waals surface area contributed by atoms with Gasteiger partial charge in [0, 0.05) is 36.4 Å². The van der Waals surface area contributed by atoms with E-state index in [0.717, 1.165) is 0 Å². The molecule has 8 nitrogen and oxygen atoms in total. The third-order valence-corrected chi connectivity index (χ3v) is 5.77. The number of piperidine rings is 2. The van der Waals surface area contributed by atoms with E-state index in [2.05, 4.69) is 10.6 Å². The maximum absolute atomic E-state index is 13.9. The zero-order valence-electron chi connectivity index (χ0n) is 19.1. The highest BCUT2D eigenvalue weighted by Crippen LogP contribution is 2.36. The van der Waals surface area contributed by atoms with Gasteiger partial charge in [0.2, 0.25) is 11.8 Å². The molecule has 2 aliphatic rings. The van der Waals surface area contributed by atoms with Gasteiger partial charge in [-0.25, -0.2) is 8.78 Å².